The highest BCUT2D eigenvalue weighted by Gasteiger charge is 2.17. The van der Waals surface area contributed by atoms with Crippen molar-refractivity contribution < 1.29 is 9.47 Å². The molecule has 0 saturated heterocycles. The third kappa shape index (κ3) is 6.27. The van der Waals surface area contributed by atoms with Crippen molar-refractivity contribution in [1.29, 1.82) is 0 Å². The largest absolute Gasteiger partial charge is 0.385 e. The van der Waals surface area contributed by atoms with E-state index >= 15 is 0 Å². The molecule has 1 aromatic rings. The number of hydrogen-bond acceptors (Lipinski definition) is 5. The highest BCUT2D eigenvalue weighted by atomic mass is 79.9. The summed E-state index contributed by atoms with van der Waals surface area (Å²) in [5.41, 5.74) is 5.14. The van der Waals surface area contributed by atoms with Crippen molar-refractivity contribution in [1.82, 2.24) is 9.55 Å². The van der Waals surface area contributed by atoms with E-state index in [2.05, 4.69) is 20.9 Å². The predicted octanol–water partition coefficient (Wildman–Crippen LogP) is 1.02. The first kappa shape index (κ1) is 18.8. The molecule has 0 amide bonds. The fourth-order valence-electron chi connectivity index (χ4n) is 1.74. The number of methoxy groups -OCH3 is 1. The van der Waals surface area contributed by atoms with Crippen LogP contribution in [0.15, 0.2) is 20.8 Å². The van der Waals surface area contributed by atoms with E-state index < -0.39 is 11.2 Å². The zero-order valence-corrected chi connectivity index (χ0v) is 14.4. The number of aromatic amines is 1. The summed E-state index contributed by atoms with van der Waals surface area (Å²) in [6.07, 6.45) is 4.37. The van der Waals surface area contributed by atoms with E-state index in [-0.39, 0.29) is 12.3 Å². The molecule has 1 rings (SSSR count). The van der Waals surface area contributed by atoms with Crippen molar-refractivity contribution in [3.8, 4) is 0 Å². The lowest BCUT2D eigenvalue weighted by atomic mass is 9.96. The van der Waals surface area contributed by atoms with Crippen LogP contribution in [0.25, 0.3) is 6.08 Å². The van der Waals surface area contributed by atoms with Gasteiger partial charge in [-0.1, -0.05) is 15.9 Å². The number of rotatable bonds is 9. The quantitative estimate of drug-likeness (QED) is 0.627. The molecule has 0 fully saturated rings. The molecule has 1 atom stereocenters. The molecule has 0 radical (unpaired) electrons. The van der Waals surface area contributed by atoms with Gasteiger partial charge < -0.3 is 15.2 Å². The minimum Gasteiger partial charge on any atom is -0.385 e. The number of nitrogens with one attached hydrogen (secondary N) is 1. The van der Waals surface area contributed by atoms with Gasteiger partial charge in [0, 0.05) is 25.5 Å². The van der Waals surface area contributed by atoms with Crippen molar-refractivity contribution in [2.75, 3.05) is 20.3 Å². The lowest BCUT2D eigenvalue weighted by Crippen LogP contribution is -2.39. The van der Waals surface area contributed by atoms with E-state index in [1.54, 1.807) is 18.2 Å². The zero-order chi connectivity index (χ0) is 16.6. The van der Waals surface area contributed by atoms with Crippen molar-refractivity contribution in [2.24, 2.45) is 5.73 Å². The summed E-state index contributed by atoms with van der Waals surface area (Å²) in [5, 5.41) is 0. The molecule has 22 heavy (non-hydrogen) atoms. The zero-order valence-electron chi connectivity index (χ0n) is 12.8. The van der Waals surface area contributed by atoms with Gasteiger partial charge in [-0.15, -0.1) is 0 Å². The van der Waals surface area contributed by atoms with Crippen LogP contribution >= 0.6 is 15.9 Å². The number of nitrogens with two attached hydrogens (primary N) is 1. The van der Waals surface area contributed by atoms with Crippen LogP contribution in [-0.4, -0.2) is 35.4 Å². The van der Waals surface area contributed by atoms with E-state index in [1.165, 1.54) is 10.8 Å². The van der Waals surface area contributed by atoms with Gasteiger partial charge >= 0.3 is 5.69 Å². The van der Waals surface area contributed by atoms with Crippen molar-refractivity contribution in [3.63, 3.8) is 0 Å². The Labute approximate surface area is 137 Å². The van der Waals surface area contributed by atoms with E-state index in [0.717, 1.165) is 6.42 Å². The van der Waals surface area contributed by atoms with Crippen LogP contribution < -0.4 is 17.0 Å². The second kappa shape index (κ2) is 9.04. The normalized spacial score (nSPS) is 14.4. The molecule has 1 unspecified atom stereocenters. The summed E-state index contributed by atoms with van der Waals surface area (Å²) in [6.45, 7) is 2.99. The lowest BCUT2D eigenvalue weighted by molar-refractivity contribution is 0.0573. The van der Waals surface area contributed by atoms with Crippen LogP contribution in [0.4, 0.5) is 0 Å². The first-order valence-corrected chi connectivity index (χ1v) is 7.77. The highest BCUT2D eigenvalue weighted by Crippen LogP contribution is 2.11. The maximum atomic E-state index is 11.7. The fourth-order valence-corrected chi connectivity index (χ4v) is 2.02. The molecular weight excluding hydrogens is 354 g/mol. The molecule has 3 N–H and O–H groups in total. The summed E-state index contributed by atoms with van der Waals surface area (Å²) >= 11 is 3.09. The third-order valence-electron chi connectivity index (χ3n) is 3.21. The van der Waals surface area contributed by atoms with Crippen LogP contribution in [-0.2, 0) is 16.2 Å². The Hall–Kier alpha value is -1.22. The van der Waals surface area contributed by atoms with Crippen LogP contribution in [0, 0.1) is 0 Å². The van der Waals surface area contributed by atoms with Crippen LogP contribution in [0.2, 0.25) is 0 Å². The predicted molar refractivity (Wildman–Crippen MR) is 88.9 cm³/mol. The standard InChI is InChI=1S/C14H22BrN3O4/c1-14(16,4-7-21-2)5-8-22-10-18-9-11(3-6-15)12(19)17-13(18)20/h3,6,9H,4-5,7-8,10,16H2,1-2H3,(H,17,19,20)/b6-3+. The molecule has 0 saturated carbocycles. The molecular formula is C14H22BrN3O4. The number of halogens is 1. The summed E-state index contributed by atoms with van der Waals surface area (Å²) < 4.78 is 11.8. The first-order chi connectivity index (χ1) is 10.4. The number of ether oxygens (including phenoxy) is 2. The van der Waals surface area contributed by atoms with E-state index in [0.29, 0.717) is 25.2 Å². The number of hydrogen-bond donors (Lipinski definition) is 2. The number of H-pyrrole nitrogens is 1. The van der Waals surface area contributed by atoms with E-state index in [1.807, 2.05) is 6.92 Å². The first-order valence-electron chi connectivity index (χ1n) is 6.86. The fraction of sp³-hybridized carbons (Fsp3) is 0.571. The Morgan fingerprint density at radius 1 is 1.41 bits per heavy atom. The Kier molecular flexibility index (Phi) is 7.74. The smallest absolute Gasteiger partial charge is 0.330 e. The molecule has 7 nitrogen and oxygen atoms in total. The average Bonchev–Trinajstić information content (AvgIpc) is 2.46. The third-order valence-corrected chi connectivity index (χ3v) is 3.47. The monoisotopic (exact) mass is 375 g/mol. The molecule has 1 heterocycles. The van der Waals surface area contributed by atoms with Crippen molar-refractivity contribution in [2.45, 2.75) is 32.0 Å². The Morgan fingerprint density at radius 2 is 2.09 bits per heavy atom. The minimum absolute atomic E-state index is 0.0547. The second-order valence-corrected chi connectivity index (χ2v) is 5.82. The highest BCUT2D eigenvalue weighted by molar-refractivity contribution is 9.11. The van der Waals surface area contributed by atoms with Gasteiger partial charge in [-0.25, -0.2) is 4.79 Å². The Balaban J connectivity index is 2.57. The molecule has 0 bridgehead atoms. The van der Waals surface area contributed by atoms with Gasteiger partial charge in [0.2, 0.25) is 0 Å². The minimum atomic E-state index is -0.508. The van der Waals surface area contributed by atoms with Crippen LogP contribution in [0.3, 0.4) is 0 Å². The maximum absolute atomic E-state index is 11.7. The number of nitrogens with zero attached hydrogens (tertiary/aromatic N) is 1. The van der Waals surface area contributed by atoms with Crippen molar-refractivity contribution in [3.05, 3.63) is 37.6 Å². The molecule has 1 aromatic heterocycles. The van der Waals surface area contributed by atoms with Gasteiger partial charge in [0.1, 0.15) is 6.73 Å². The summed E-state index contributed by atoms with van der Waals surface area (Å²) in [5.74, 6) is 0. The SMILES string of the molecule is COCCC(C)(N)CCOCn1cc(/C=C/Br)c(=O)[nH]c1=O. The molecule has 0 aliphatic carbocycles. The maximum Gasteiger partial charge on any atom is 0.330 e. The van der Waals surface area contributed by atoms with Gasteiger partial charge in [0.15, 0.2) is 0 Å². The Morgan fingerprint density at radius 3 is 2.73 bits per heavy atom. The molecule has 0 aliphatic rings. The molecule has 0 aromatic carbocycles. The summed E-state index contributed by atoms with van der Waals surface area (Å²) in [4.78, 5) is 27.0. The van der Waals surface area contributed by atoms with Gasteiger partial charge in [-0.2, -0.15) is 0 Å². The van der Waals surface area contributed by atoms with Gasteiger partial charge in [0.25, 0.3) is 5.56 Å². The second-order valence-electron chi connectivity index (χ2n) is 5.29. The van der Waals surface area contributed by atoms with E-state index in [9.17, 15) is 9.59 Å². The summed E-state index contributed by atoms with van der Waals surface area (Å²) in [6, 6.07) is 0. The van der Waals surface area contributed by atoms with Gasteiger partial charge in [-0.05, 0) is 30.8 Å². The van der Waals surface area contributed by atoms with Crippen LogP contribution in [0.5, 0.6) is 0 Å². The van der Waals surface area contributed by atoms with Gasteiger partial charge in [-0.3, -0.25) is 14.3 Å². The number of aromatic nitrogens is 2. The van der Waals surface area contributed by atoms with Crippen molar-refractivity contribution >= 4 is 22.0 Å². The summed E-state index contributed by atoms with van der Waals surface area (Å²) in [7, 11) is 1.63. The van der Waals surface area contributed by atoms with E-state index in [4.69, 9.17) is 15.2 Å². The molecule has 0 spiro atoms. The lowest BCUT2D eigenvalue weighted by Gasteiger charge is -2.24. The topological polar surface area (TPSA) is 99.3 Å². The molecule has 0 aliphatic heterocycles. The Bertz CT molecular complexity index is 607. The molecule has 124 valence electrons. The average molecular weight is 376 g/mol. The molecule has 8 heteroatoms. The van der Waals surface area contributed by atoms with Crippen LogP contribution in [0.1, 0.15) is 25.3 Å². The van der Waals surface area contributed by atoms with Gasteiger partial charge in [0.05, 0.1) is 12.2 Å².